The van der Waals surface area contributed by atoms with E-state index in [4.69, 9.17) is 0 Å². The number of hydrogen-bond donors (Lipinski definition) is 2. The molecule has 0 unspecified atom stereocenters. The molecule has 0 atom stereocenters. The van der Waals surface area contributed by atoms with Crippen LogP contribution in [0.2, 0.25) is 0 Å². The van der Waals surface area contributed by atoms with Gasteiger partial charge in [0, 0.05) is 29.0 Å². The number of allylic oxidation sites excluding steroid dienone is 1. The first-order valence-electron chi connectivity index (χ1n) is 10.4. The molecule has 3 aromatic heterocycles. The molecular formula is C26H27N5. The number of fused-ring (bicyclic) bond motifs is 1. The highest BCUT2D eigenvalue weighted by molar-refractivity contribution is 5.94. The molecule has 0 bridgehead atoms. The molecule has 156 valence electrons. The molecule has 0 aliphatic heterocycles. The maximum Gasteiger partial charge on any atom is 0.116 e. The van der Waals surface area contributed by atoms with Gasteiger partial charge in [0.15, 0.2) is 0 Å². The number of hydrogen-bond acceptors (Lipinski definition) is 4. The Morgan fingerprint density at radius 2 is 1.90 bits per heavy atom. The molecular weight excluding hydrogens is 382 g/mol. The number of benzene rings is 1. The topological polar surface area (TPSA) is 66.5 Å². The first-order chi connectivity index (χ1) is 15.0. The molecule has 0 amide bonds. The molecule has 5 nitrogen and oxygen atoms in total. The van der Waals surface area contributed by atoms with Crippen molar-refractivity contribution in [2.45, 2.75) is 26.7 Å². The van der Waals surface area contributed by atoms with Crippen LogP contribution < -0.4 is 5.32 Å². The number of nitrogens with zero attached hydrogens (tertiary/aromatic N) is 3. The summed E-state index contributed by atoms with van der Waals surface area (Å²) in [7, 11) is 0. The number of H-pyrrole nitrogens is 1. The predicted molar refractivity (Wildman–Crippen MR) is 128 cm³/mol. The van der Waals surface area contributed by atoms with Crippen LogP contribution in [0.5, 0.6) is 0 Å². The van der Waals surface area contributed by atoms with Crippen LogP contribution >= 0.6 is 0 Å². The van der Waals surface area contributed by atoms with E-state index in [9.17, 15) is 0 Å². The summed E-state index contributed by atoms with van der Waals surface area (Å²) in [6.45, 7) is 12.0. The van der Waals surface area contributed by atoms with Crippen molar-refractivity contribution in [3.8, 4) is 11.1 Å². The van der Waals surface area contributed by atoms with Crippen molar-refractivity contribution in [3.05, 3.63) is 91.2 Å². The SMILES string of the molecule is C=C(C)C1CC1.C=C(Nc1ccc(C)nc1)c1n[nH]c2ccc(-c3cccnc3)cc12. The fourth-order valence-electron chi connectivity index (χ4n) is 3.31. The van der Waals surface area contributed by atoms with Crippen molar-refractivity contribution in [1.82, 2.24) is 20.2 Å². The van der Waals surface area contributed by atoms with E-state index < -0.39 is 0 Å². The van der Waals surface area contributed by atoms with Crippen LogP contribution in [-0.2, 0) is 0 Å². The normalized spacial score (nSPS) is 12.7. The molecule has 0 spiro atoms. The van der Waals surface area contributed by atoms with Gasteiger partial charge in [-0.1, -0.05) is 30.9 Å². The molecule has 5 heteroatoms. The number of rotatable bonds is 5. The Morgan fingerprint density at radius 3 is 2.52 bits per heavy atom. The van der Waals surface area contributed by atoms with Crippen molar-refractivity contribution in [2.24, 2.45) is 5.92 Å². The van der Waals surface area contributed by atoms with Gasteiger partial charge in [-0.05, 0) is 68.5 Å². The fraction of sp³-hybridized carbons (Fsp3) is 0.192. The standard InChI is InChI=1S/C20H17N5.C6H10/c1-13-5-7-17(12-22-13)23-14(2)20-18-10-15(6-8-19(18)24-25-20)16-4-3-9-21-11-16;1-5(2)6-3-4-6/h3-12,23H,2H2,1H3,(H,24,25);6H,1,3-4H2,2H3. The summed E-state index contributed by atoms with van der Waals surface area (Å²) >= 11 is 0. The minimum atomic E-state index is 0.722. The number of nitrogens with one attached hydrogen (secondary N) is 2. The van der Waals surface area contributed by atoms with Crippen LogP contribution in [-0.4, -0.2) is 20.2 Å². The van der Waals surface area contributed by atoms with Crippen LogP contribution in [0.3, 0.4) is 0 Å². The smallest absolute Gasteiger partial charge is 0.116 e. The Kier molecular flexibility index (Phi) is 5.94. The Labute approximate surface area is 183 Å². The van der Waals surface area contributed by atoms with Gasteiger partial charge >= 0.3 is 0 Å². The molecule has 5 rings (SSSR count). The Bertz CT molecular complexity index is 1200. The molecule has 2 N–H and O–H groups in total. The lowest BCUT2D eigenvalue weighted by atomic mass is 10.0. The summed E-state index contributed by atoms with van der Waals surface area (Å²) in [5.74, 6) is 0.907. The summed E-state index contributed by atoms with van der Waals surface area (Å²) < 4.78 is 0. The van der Waals surface area contributed by atoms with E-state index in [0.29, 0.717) is 0 Å². The largest absolute Gasteiger partial charge is 0.353 e. The Balaban J connectivity index is 0.000000334. The van der Waals surface area contributed by atoms with Crippen LogP contribution in [0.25, 0.3) is 27.7 Å². The van der Waals surface area contributed by atoms with Gasteiger partial charge < -0.3 is 5.32 Å². The molecule has 1 saturated carbocycles. The third kappa shape index (κ3) is 5.07. The van der Waals surface area contributed by atoms with Crippen LogP contribution in [0, 0.1) is 12.8 Å². The second-order valence-electron chi connectivity index (χ2n) is 7.99. The molecule has 1 aliphatic rings. The monoisotopic (exact) mass is 409 g/mol. The summed E-state index contributed by atoms with van der Waals surface area (Å²) in [4.78, 5) is 8.48. The molecule has 31 heavy (non-hydrogen) atoms. The van der Waals surface area contributed by atoms with Crippen molar-refractivity contribution in [2.75, 3.05) is 5.32 Å². The zero-order valence-electron chi connectivity index (χ0n) is 18.0. The maximum atomic E-state index is 4.42. The van der Waals surface area contributed by atoms with E-state index in [1.54, 1.807) is 12.4 Å². The molecule has 0 radical (unpaired) electrons. The number of pyridine rings is 2. The highest BCUT2D eigenvalue weighted by atomic mass is 15.1. The lowest BCUT2D eigenvalue weighted by Gasteiger charge is -2.08. The average molecular weight is 410 g/mol. The Hall–Kier alpha value is -3.73. The third-order valence-electron chi connectivity index (χ3n) is 5.32. The van der Waals surface area contributed by atoms with Gasteiger partial charge in [0.05, 0.1) is 23.1 Å². The first kappa shape index (κ1) is 20.5. The minimum absolute atomic E-state index is 0.722. The highest BCUT2D eigenvalue weighted by Crippen LogP contribution is 2.34. The van der Waals surface area contributed by atoms with Crippen LogP contribution in [0.15, 0.2) is 79.8 Å². The zero-order chi connectivity index (χ0) is 21.8. The predicted octanol–water partition coefficient (Wildman–Crippen LogP) is 6.38. The van der Waals surface area contributed by atoms with E-state index in [2.05, 4.69) is 57.7 Å². The van der Waals surface area contributed by atoms with Crippen LogP contribution in [0.4, 0.5) is 5.69 Å². The fourth-order valence-corrected chi connectivity index (χ4v) is 3.31. The third-order valence-corrected chi connectivity index (χ3v) is 5.32. The van der Waals surface area contributed by atoms with Gasteiger partial charge in [-0.25, -0.2) is 0 Å². The van der Waals surface area contributed by atoms with Gasteiger partial charge in [0.1, 0.15) is 5.69 Å². The summed E-state index contributed by atoms with van der Waals surface area (Å²) in [6, 6.07) is 14.1. The Morgan fingerprint density at radius 1 is 1.06 bits per heavy atom. The van der Waals surface area contributed by atoms with Gasteiger partial charge in [0.2, 0.25) is 0 Å². The van der Waals surface area contributed by atoms with Gasteiger partial charge in [-0.3, -0.25) is 15.1 Å². The van der Waals surface area contributed by atoms with Gasteiger partial charge in [0.25, 0.3) is 0 Å². The molecule has 1 aromatic carbocycles. The van der Waals surface area contributed by atoms with Crippen LogP contribution in [0.1, 0.15) is 31.2 Å². The molecule has 1 aliphatic carbocycles. The van der Waals surface area contributed by atoms with E-state index >= 15 is 0 Å². The number of aryl methyl sites for hydroxylation is 1. The van der Waals surface area contributed by atoms with E-state index in [1.165, 1.54) is 18.4 Å². The van der Waals surface area contributed by atoms with E-state index in [-0.39, 0.29) is 0 Å². The van der Waals surface area contributed by atoms with Crippen molar-refractivity contribution in [3.63, 3.8) is 0 Å². The highest BCUT2D eigenvalue weighted by Gasteiger charge is 2.20. The zero-order valence-corrected chi connectivity index (χ0v) is 18.0. The molecule has 3 heterocycles. The van der Waals surface area contributed by atoms with Gasteiger partial charge in [-0.15, -0.1) is 0 Å². The molecule has 1 fully saturated rings. The van der Waals surface area contributed by atoms with Gasteiger partial charge in [-0.2, -0.15) is 5.10 Å². The lowest BCUT2D eigenvalue weighted by Crippen LogP contribution is -1.99. The molecule has 4 aromatic rings. The summed E-state index contributed by atoms with van der Waals surface area (Å²) in [5, 5.41) is 11.8. The number of aromatic amines is 1. The molecule has 0 saturated heterocycles. The second-order valence-corrected chi connectivity index (χ2v) is 7.99. The minimum Gasteiger partial charge on any atom is -0.353 e. The number of anilines is 1. The first-order valence-corrected chi connectivity index (χ1v) is 10.4. The average Bonchev–Trinajstić information content (AvgIpc) is 3.56. The quantitative estimate of drug-likeness (QED) is 0.375. The van der Waals surface area contributed by atoms with Crippen molar-refractivity contribution < 1.29 is 0 Å². The number of aromatic nitrogens is 4. The second kappa shape index (κ2) is 8.96. The van der Waals surface area contributed by atoms with E-state index in [1.807, 2.05) is 43.5 Å². The lowest BCUT2D eigenvalue weighted by molar-refractivity contribution is 1.02. The summed E-state index contributed by atoms with van der Waals surface area (Å²) in [5.41, 5.74) is 7.87. The van der Waals surface area contributed by atoms with Crippen molar-refractivity contribution in [1.29, 1.82) is 0 Å². The van der Waals surface area contributed by atoms with E-state index in [0.717, 1.165) is 50.7 Å². The summed E-state index contributed by atoms with van der Waals surface area (Å²) in [6.07, 6.45) is 8.21. The van der Waals surface area contributed by atoms with Crippen molar-refractivity contribution >= 4 is 22.3 Å². The maximum absolute atomic E-state index is 4.42.